The number of hydrogen-bond acceptors (Lipinski definition) is 5. The molecule has 0 aliphatic heterocycles. The van der Waals surface area contributed by atoms with E-state index >= 15 is 0 Å². The van der Waals surface area contributed by atoms with Gasteiger partial charge in [-0.3, -0.25) is 10.1 Å². The molecule has 7 heteroatoms. The summed E-state index contributed by atoms with van der Waals surface area (Å²) in [6.07, 6.45) is 0.507. The molecule has 0 saturated carbocycles. The highest BCUT2D eigenvalue weighted by molar-refractivity contribution is 8.00. The Morgan fingerprint density at radius 2 is 1.84 bits per heavy atom. The SMILES string of the molecule is Cc1ccc(Cc2nnc(NC(=O)CSc3ccc(F)cc3)o2)cc1. The minimum absolute atomic E-state index is 0.0758. The lowest BCUT2D eigenvalue weighted by Gasteiger charge is -2.01. The lowest BCUT2D eigenvalue weighted by Crippen LogP contribution is -2.14. The van der Waals surface area contributed by atoms with Crippen LogP contribution in [0, 0.1) is 12.7 Å². The molecular formula is C18H16FN3O2S. The van der Waals surface area contributed by atoms with E-state index in [-0.39, 0.29) is 23.5 Å². The molecule has 1 heterocycles. The fourth-order valence-electron chi connectivity index (χ4n) is 2.09. The first kappa shape index (κ1) is 17.2. The van der Waals surface area contributed by atoms with Gasteiger partial charge in [-0.2, -0.15) is 0 Å². The standard InChI is InChI=1S/C18H16FN3O2S/c1-12-2-4-13(5-3-12)10-17-21-22-18(24-17)20-16(23)11-25-15-8-6-14(19)7-9-15/h2-9H,10-11H2,1H3,(H,20,22,23). The highest BCUT2D eigenvalue weighted by atomic mass is 32.2. The third-order valence-electron chi connectivity index (χ3n) is 3.37. The highest BCUT2D eigenvalue weighted by Gasteiger charge is 2.11. The van der Waals surface area contributed by atoms with Gasteiger partial charge in [-0.25, -0.2) is 4.39 Å². The van der Waals surface area contributed by atoms with E-state index in [2.05, 4.69) is 15.5 Å². The van der Waals surface area contributed by atoms with Gasteiger partial charge in [-0.1, -0.05) is 34.9 Å². The smallest absolute Gasteiger partial charge is 0.322 e. The van der Waals surface area contributed by atoms with Gasteiger partial charge in [-0.05, 0) is 36.8 Å². The predicted octanol–water partition coefficient (Wildman–Crippen LogP) is 3.84. The molecule has 1 aromatic heterocycles. The maximum Gasteiger partial charge on any atom is 0.322 e. The molecule has 0 atom stereocenters. The fraction of sp³-hybridized carbons (Fsp3) is 0.167. The Balaban J connectivity index is 1.51. The lowest BCUT2D eigenvalue weighted by molar-refractivity contribution is -0.113. The monoisotopic (exact) mass is 357 g/mol. The molecule has 0 aliphatic rings. The lowest BCUT2D eigenvalue weighted by atomic mass is 10.1. The van der Waals surface area contributed by atoms with Crippen LogP contribution in [0.2, 0.25) is 0 Å². The van der Waals surface area contributed by atoms with E-state index in [9.17, 15) is 9.18 Å². The molecule has 1 amide bonds. The van der Waals surface area contributed by atoms with Crippen molar-refractivity contribution in [2.75, 3.05) is 11.1 Å². The second-order valence-corrected chi connectivity index (χ2v) is 6.50. The number of nitrogens with one attached hydrogen (secondary N) is 1. The summed E-state index contributed by atoms with van der Waals surface area (Å²) in [5, 5.41) is 10.3. The molecule has 1 N–H and O–H groups in total. The summed E-state index contributed by atoms with van der Waals surface area (Å²) in [7, 11) is 0. The number of halogens is 1. The summed E-state index contributed by atoms with van der Waals surface area (Å²) in [6, 6.07) is 14.1. The van der Waals surface area contributed by atoms with Gasteiger partial charge in [-0.15, -0.1) is 16.9 Å². The number of aromatic nitrogens is 2. The minimum Gasteiger partial charge on any atom is -0.407 e. The second-order valence-electron chi connectivity index (χ2n) is 5.45. The Kier molecular flexibility index (Phi) is 5.45. The molecule has 0 aliphatic carbocycles. The fourth-order valence-corrected chi connectivity index (χ4v) is 2.79. The summed E-state index contributed by atoms with van der Waals surface area (Å²) in [6.45, 7) is 2.02. The molecule has 3 aromatic rings. The van der Waals surface area contributed by atoms with Crippen LogP contribution >= 0.6 is 11.8 Å². The van der Waals surface area contributed by atoms with Crippen molar-refractivity contribution in [1.82, 2.24) is 10.2 Å². The Labute approximate surface area is 148 Å². The average molecular weight is 357 g/mol. The van der Waals surface area contributed by atoms with Crippen LogP contribution < -0.4 is 5.32 Å². The zero-order chi connectivity index (χ0) is 17.6. The first-order chi connectivity index (χ1) is 12.1. The van der Waals surface area contributed by atoms with Gasteiger partial charge in [0.25, 0.3) is 0 Å². The molecule has 0 saturated heterocycles. The van der Waals surface area contributed by atoms with Crippen molar-refractivity contribution in [3.05, 3.63) is 71.4 Å². The van der Waals surface area contributed by atoms with Gasteiger partial charge >= 0.3 is 6.01 Å². The molecule has 5 nitrogen and oxygen atoms in total. The molecular weight excluding hydrogens is 341 g/mol. The number of aryl methyl sites for hydroxylation is 1. The van der Waals surface area contributed by atoms with E-state index in [0.717, 1.165) is 10.5 Å². The van der Waals surface area contributed by atoms with E-state index in [1.807, 2.05) is 31.2 Å². The molecule has 0 fully saturated rings. The van der Waals surface area contributed by atoms with Crippen LogP contribution in [-0.2, 0) is 11.2 Å². The zero-order valence-electron chi connectivity index (χ0n) is 13.5. The Bertz CT molecular complexity index is 848. The van der Waals surface area contributed by atoms with Crippen molar-refractivity contribution >= 4 is 23.7 Å². The molecule has 0 unspecified atom stereocenters. The van der Waals surface area contributed by atoms with E-state index < -0.39 is 0 Å². The summed E-state index contributed by atoms with van der Waals surface area (Å²) >= 11 is 1.30. The predicted molar refractivity (Wildman–Crippen MR) is 94.0 cm³/mol. The van der Waals surface area contributed by atoms with Crippen molar-refractivity contribution in [1.29, 1.82) is 0 Å². The summed E-state index contributed by atoms with van der Waals surface area (Å²) in [5.41, 5.74) is 2.24. The Hall–Kier alpha value is -2.67. The topological polar surface area (TPSA) is 68.0 Å². The normalized spacial score (nSPS) is 10.6. The van der Waals surface area contributed by atoms with E-state index in [4.69, 9.17) is 4.42 Å². The number of carbonyl (C=O) groups excluding carboxylic acids is 1. The van der Waals surface area contributed by atoms with Crippen LogP contribution in [0.15, 0.2) is 57.8 Å². The zero-order valence-corrected chi connectivity index (χ0v) is 14.3. The number of thioether (sulfide) groups is 1. The van der Waals surface area contributed by atoms with E-state index in [1.165, 1.54) is 29.5 Å². The molecule has 0 spiro atoms. The van der Waals surface area contributed by atoms with Crippen LogP contribution in [0.1, 0.15) is 17.0 Å². The van der Waals surface area contributed by atoms with Crippen LogP contribution in [0.25, 0.3) is 0 Å². The van der Waals surface area contributed by atoms with Gasteiger partial charge in [0, 0.05) is 4.90 Å². The van der Waals surface area contributed by atoms with Gasteiger partial charge in [0.15, 0.2) is 0 Å². The van der Waals surface area contributed by atoms with Crippen molar-refractivity contribution in [2.45, 2.75) is 18.2 Å². The van der Waals surface area contributed by atoms with Gasteiger partial charge in [0.05, 0.1) is 12.2 Å². The average Bonchev–Trinajstić information content (AvgIpc) is 3.03. The second kappa shape index (κ2) is 7.94. The number of carbonyl (C=O) groups is 1. The number of hydrogen-bond donors (Lipinski definition) is 1. The Morgan fingerprint density at radius 3 is 2.56 bits per heavy atom. The van der Waals surface area contributed by atoms with Crippen LogP contribution in [0.5, 0.6) is 0 Å². The van der Waals surface area contributed by atoms with Gasteiger partial charge in [0.2, 0.25) is 11.8 Å². The number of amides is 1. The summed E-state index contributed by atoms with van der Waals surface area (Å²) in [5.74, 6) is 0.0346. The van der Waals surface area contributed by atoms with Crippen molar-refractivity contribution in [3.63, 3.8) is 0 Å². The van der Waals surface area contributed by atoms with E-state index in [1.54, 1.807) is 12.1 Å². The summed E-state index contributed by atoms with van der Waals surface area (Å²) in [4.78, 5) is 12.7. The molecule has 2 aromatic carbocycles. The molecule has 25 heavy (non-hydrogen) atoms. The molecule has 128 valence electrons. The first-order valence-electron chi connectivity index (χ1n) is 7.64. The van der Waals surface area contributed by atoms with Crippen molar-refractivity contribution < 1.29 is 13.6 Å². The number of rotatable bonds is 6. The molecule has 0 bridgehead atoms. The van der Waals surface area contributed by atoms with E-state index in [0.29, 0.717) is 12.3 Å². The van der Waals surface area contributed by atoms with Crippen molar-refractivity contribution in [2.24, 2.45) is 0 Å². The molecule has 3 rings (SSSR count). The number of benzene rings is 2. The van der Waals surface area contributed by atoms with Crippen LogP contribution in [0.4, 0.5) is 10.4 Å². The first-order valence-corrected chi connectivity index (χ1v) is 8.63. The maximum absolute atomic E-state index is 12.8. The highest BCUT2D eigenvalue weighted by Crippen LogP contribution is 2.18. The third-order valence-corrected chi connectivity index (χ3v) is 4.38. The number of anilines is 1. The molecule has 0 radical (unpaired) electrons. The Morgan fingerprint density at radius 1 is 1.12 bits per heavy atom. The van der Waals surface area contributed by atoms with Gasteiger partial charge in [0.1, 0.15) is 5.82 Å². The third kappa shape index (κ3) is 5.15. The summed E-state index contributed by atoms with van der Waals surface area (Å²) < 4.78 is 18.3. The van der Waals surface area contributed by atoms with Gasteiger partial charge < -0.3 is 4.42 Å². The van der Waals surface area contributed by atoms with Crippen LogP contribution in [-0.4, -0.2) is 21.9 Å². The number of nitrogens with zero attached hydrogens (tertiary/aromatic N) is 2. The largest absolute Gasteiger partial charge is 0.407 e. The maximum atomic E-state index is 12.8. The van der Waals surface area contributed by atoms with Crippen LogP contribution in [0.3, 0.4) is 0 Å². The minimum atomic E-state index is -0.305. The quantitative estimate of drug-likeness (QED) is 0.679. The van der Waals surface area contributed by atoms with Crippen molar-refractivity contribution in [3.8, 4) is 0 Å².